The number of nitrogens with two attached hydrogens (primary N) is 2. The number of rotatable bonds is 1. The van der Waals surface area contributed by atoms with E-state index in [1.54, 1.807) is 24.5 Å². The van der Waals surface area contributed by atoms with E-state index in [0.29, 0.717) is 28.1 Å². The van der Waals surface area contributed by atoms with Crippen molar-refractivity contribution in [3.63, 3.8) is 0 Å². The number of pyridine rings is 2. The minimum atomic E-state index is 0.368. The fourth-order valence-electron chi connectivity index (χ4n) is 1.96. The van der Waals surface area contributed by atoms with E-state index in [9.17, 15) is 0 Å². The lowest BCUT2D eigenvalue weighted by Crippen LogP contribution is -1.85. The van der Waals surface area contributed by atoms with Crippen LogP contribution in [0, 0.1) is 0 Å². The SMILES string of the molecule is Nc1cccc(-c2nc3cccnc3o2)c1.Nc1cccnc1Cl. The highest BCUT2D eigenvalue weighted by Gasteiger charge is 2.08. The molecule has 0 aliphatic rings. The number of halogens is 1. The Morgan fingerprint density at radius 2 is 1.71 bits per heavy atom. The first-order valence-corrected chi connectivity index (χ1v) is 7.45. The molecule has 120 valence electrons. The topological polar surface area (TPSA) is 104 Å². The summed E-state index contributed by atoms with van der Waals surface area (Å²) in [6.45, 7) is 0. The largest absolute Gasteiger partial charge is 0.418 e. The van der Waals surface area contributed by atoms with Crippen LogP contribution in [0.4, 0.5) is 11.4 Å². The lowest BCUT2D eigenvalue weighted by Gasteiger charge is -1.95. The molecule has 0 spiro atoms. The molecule has 3 heterocycles. The van der Waals surface area contributed by atoms with Crippen LogP contribution in [0.5, 0.6) is 0 Å². The van der Waals surface area contributed by atoms with Gasteiger partial charge in [-0.1, -0.05) is 17.7 Å². The monoisotopic (exact) mass is 339 g/mol. The first kappa shape index (κ1) is 15.8. The van der Waals surface area contributed by atoms with Crippen molar-refractivity contribution >= 4 is 34.2 Å². The summed E-state index contributed by atoms with van der Waals surface area (Å²) in [6.07, 6.45) is 3.27. The van der Waals surface area contributed by atoms with Gasteiger partial charge in [0.2, 0.25) is 11.6 Å². The molecular weight excluding hydrogens is 326 g/mol. The standard InChI is InChI=1S/C12H9N3O.C5H5ClN2/c13-9-4-1-3-8(7-9)11-15-10-5-2-6-14-12(10)16-11;6-5-4(7)2-1-3-8-5/h1-7H,13H2;1-3H,7H2. The number of hydrogen-bond donors (Lipinski definition) is 2. The fourth-order valence-corrected chi connectivity index (χ4v) is 2.08. The van der Waals surface area contributed by atoms with E-state index in [4.69, 9.17) is 27.5 Å². The number of anilines is 2. The Morgan fingerprint density at radius 1 is 0.917 bits per heavy atom. The Balaban J connectivity index is 0.000000179. The van der Waals surface area contributed by atoms with E-state index in [1.807, 2.05) is 36.4 Å². The molecule has 4 aromatic rings. The predicted octanol–water partition coefficient (Wildman–Crippen LogP) is 3.79. The Hall–Kier alpha value is -3.12. The third kappa shape index (κ3) is 3.61. The molecule has 7 heteroatoms. The second kappa shape index (κ2) is 6.97. The van der Waals surface area contributed by atoms with Crippen molar-refractivity contribution < 1.29 is 4.42 Å². The molecule has 0 atom stereocenters. The van der Waals surface area contributed by atoms with Gasteiger partial charge in [0, 0.05) is 23.6 Å². The van der Waals surface area contributed by atoms with Gasteiger partial charge in [-0.3, -0.25) is 0 Å². The van der Waals surface area contributed by atoms with Crippen molar-refractivity contribution in [2.45, 2.75) is 0 Å². The highest BCUT2D eigenvalue weighted by molar-refractivity contribution is 6.31. The number of benzene rings is 1. The van der Waals surface area contributed by atoms with Crippen LogP contribution in [0.25, 0.3) is 22.7 Å². The molecule has 0 fully saturated rings. The van der Waals surface area contributed by atoms with Gasteiger partial charge in [0.25, 0.3) is 0 Å². The van der Waals surface area contributed by atoms with Crippen LogP contribution >= 0.6 is 11.6 Å². The maximum atomic E-state index is 5.71. The summed E-state index contributed by atoms with van der Waals surface area (Å²) in [5.41, 5.74) is 14.4. The molecule has 6 nitrogen and oxygen atoms in total. The molecule has 0 radical (unpaired) electrons. The third-order valence-electron chi connectivity index (χ3n) is 3.09. The number of hydrogen-bond acceptors (Lipinski definition) is 6. The van der Waals surface area contributed by atoms with E-state index in [0.717, 1.165) is 11.1 Å². The van der Waals surface area contributed by atoms with Crippen molar-refractivity contribution in [1.29, 1.82) is 0 Å². The van der Waals surface area contributed by atoms with Crippen LogP contribution < -0.4 is 11.5 Å². The van der Waals surface area contributed by atoms with Gasteiger partial charge in [0.05, 0.1) is 5.69 Å². The van der Waals surface area contributed by atoms with Crippen molar-refractivity contribution in [3.05, 3.63) is 66.1 Å². The van der Waals surface area contributed by atoms with Crippen molar-refractivity contribution in [1.82, 2.24) is 15.0 Å². The minimum Gasteiger partial charge on any atom is -0.418 e. The molecule has 0 amide bonds. The Labute approximate surface area is 143 Å². The van der Waals surface area contributed by atoms with E-state index in [2.05, 4.69) is 15.0 Å². The summed E-state index contributed by atoms with van der Waals surface area (Å²) in [5.74, 6) is 0.543. The van der Waals surface area contributed by atoms with Gasteiger partial charge in [0.15, 0.2) is 5.15 Å². The highest BCUT2D eigenvalue weighted by Crippen LogP contribution is 2.23. The van der Waals surface area contributed by atoms with E-state index in [-0.39, 0.29) is 0 Å². The van der Waals surface area contributed by atoms with Crippen LogP contribution in [-0.4, -0.2) is 15.0 Å². The summed E-state index contributed by atoms with van der Waals surface area (Å²) in [7, 11) is 0. The molecule has 0 bridgehead atoms. The maximum Gasteiger partial charge on any atom is 0.247 e. The van der Waals surface area contributed by atoms with Gasteiger partial charge in [0.1, 0.15) is 5.52 Å². The normalized spacial score (nSPS) is 10.2. The molecule has 0 unspecified atom stereocenters. The van der Waals surface area contributed by atoms with E-state index < -0.39 is 0 Å². The molecule has 24 heavy (non-hydrogen) atoms. The zero-order valence-corrected chi connectivity index (χ0v) is 13.3. The quantitative estimate of drug-likeness (QED) is 0.404. The fraction of sp³-hybridized carbons (Fsp3) is 0. The number of aromatic nitrogens is 3. The first-order chi connectivity index (χ1) is 11.6. The smallest absolute Gasteiger partial charge is 0.247 e. The first-order valence-electron chi connectivity index (χ1n) is 7.07. The molecule has 1 aromatic carbocycles. The van der Waals surface area contributed by atoms with Crippen LogP contribution in [0.2, 0.25) is 5.15 Å². The van der Waals surface area contributed by atoms with Gasteiger partial charge < -0.3 is 15.9 Å². The highest BCUT2D eigenvalue weighted by atomic mass is 35.5. The van der Waals surface area contributed by atoms with Crippen molar-refractivity contribution in [3.8, 4) is 11.5 Å². The molecule has 0 aliphatic heterocycles. The van der Waals surface area contributed by atoms with Gasteiger partial charge in [-0.2, -0.15) is 0 Å². The van der Waals surface area contributed by atoms with Crippen LogP contribution in [0.15, 0.2) is 65.3 Å². The zero-order valence-electron chi connectivity index (χ0n) is 12.6. The average Bonchev–Trinajstić information content (AvgIpc) is 3.02. The molecule has 0 saturated carbocycles. The van der Waals surface area contributed by atoms with Crippen LogP contribution in [0.3, 0.4) is 0 Å². The second-order valence-electron chi connectivity index (χ2n) is 4.86. The van der Waals surface area contributed by atoms with E-state index >= 15 is 0 Å². The lowest BCUT2D eigenvalue weighted by molar-refractivity contribution is 0.608. The van der Waals surface area contributed by atoms with Crippen molar-refractivity contribution in [2.24, 2.45) is 0 Å². The van der Waals surface area contributed by atoms with E-state index in [1.165, 1.54) is 0 Å². The van der Waals surface area contributed by atoms with Gasteiger partial charge in [-0.05, 0) is 42.5 Å². The molecule has 4 rings (SSSR count). The summed E-state index contributed by atoms with van der Waals surface area (Å²) >= 11 is 5.47. The lowest BCUT2D eigenvalue weighted by atomic mass is 10.2. The van der Waals surface area contributed by atoms with Gasteiger partial charge >= 0.3 is 0 Å². The number of nitrogens with zero attached hydrogens (tertiary/aromatic N) is 3. The van der Waals surface area contributed by atoms with Crippen molar-refractivity contribution in [2.75, 3.05) is 11.5 Å². The summed E-state index contributed by atoms with van der Waals surface area (Å²) in [5, 5.41) is 0.368. The third-order valence-corrected chi connectivity index (χ3v) is 3.40. The van der Waals surface area contributed by atoms with Crippen LogP contribution in [0.1, 0.15) is 0 Å². The Morgan fingerprint density at radius 3 is 2.38 bits per heavy atom. The maximum absolute atomic E-state index is 5.71. The molecule has 0 saturated heterocycles. The number of fused-ring (bicyclic) bond motifs is 1. The average molecular weight is 340 g/mol. The Kier molecular flexibility index (Phi) is 4.58. The molecule has 3 aromatic heterocycles. The molecule has 0 aliphatic carbocycles. The minimum absolute atomic E-state index is 0.368. The van der Waals surface area contributed by atoms with Gasteiger partial charge in [-0.25, -0.2) is 15.0 Å². The number of nitrogen functional groups attached to an aromatic ring is 2. The molecular formula is C17H14ClN5O. The summed E-state index contributed by atoms with van der Waals surface area (Å²) in [6, 6.07) is 14.6. The Bertz CT molecular complexity index is 916. The zero-order chi connectivity index (χ0) is 16.9. The van der Waals surface area contributed by atoms with Crippen LogP contribution in [-0.2, 0) is 0 Å². The van der Waals surface area contributed by atoms with Gasteiger partial charge in [-0.15, -0.1) is 0 Å². The predicted molar refractivity (Wildman–Crippen MR) is 95.3 cm³/mol. The summed E-state index contributed by atoms with van der Waals surface area (Å²) < 4.78 is 5.53. The second-order valence-corrected chi connectivity index (χ2v) is 5.21. The number of oxazole rings is 1. The molecule has 4 N–H and O–H groups in total. The summed E-state index contributed by atoms with van der Waals surface area (Å²) in [4.78, 5) is 12.1.